The van der Waals surface area contributed by atoms with Gasteiger partial charge in [0.2, 0.25) is 0 Å². The van der Waals surface area contributed by atoms with E-state index in [-0.39, 0.29) is 17.4 Å². The van der Waals surface area contributed by atoms with Crippen LogP contribution in [0.1, 0.15) is 12.0 Å². The van der Waals surface area contributed by atoms with Crippen LogP contribution in [0.3, 0.4) is 0 Å². The van der Waals surface area contributed by atoms with Crippen molar-refractivity contribution in [1.29, 1.82) is 0 Å². The quantitative estimate of drug-likeness (QED) is 0.771. The minimum Gasteiger partial charge on any atom is -0.391 e. The average Bonchev–Trinajstić information content (AvgIpc) is 2.26. The summed E-state index contributed by atoms with van der Waals surface area (Å²) < 4.78 is 37.0. The van der Waals surface area contributed by atoms with Gasteiger partial charge in [0, 0.05) is 12.7 Å². The van der Waals surface area contributed by atoms with E-state index in [1.807, 2.05) is 0 Å². The first kappa shape index (κ1) is 15.0. The number of nitrogens with zero attached hydrogens (tertiary/aromatic N) is 1. The summed E-state index contributed by atoms with van der Waals surface area (Å²) in [5, 5.41) is 11.9. The van der Waals surface area contributed by atoms with Gasteiger partial charge in [-0.1, -0.05) is 11.6 Å². The van der Waals surface area contributed by atoms with Crippen molar-refractivity contribution in [3.8, 4) is 0 Å². The fourth-order valence-corrected chi connectivity index (χ4v) is 1.47. The van der Waals surface area contributed by atoms with Crippen LogP contribution < -0.4 is 11.1 Å². The molecule has 4 nitrogen and oxygen atoms in total. The topological polar surface area (TPSA) is 71.2 Å². The number of aromatic nitrogens is 1. The van der Waals surface area contributed by atoms with Gasteiger partial charge in [-0.15, -0.1) is 0 Å². The molecule has 18 heavy (non-hydrogen) atoms. The third kappa shape index (κ3) is 4.32. The molecule has 1 atom stereocenters. The number of halogens is 4. The van der Waals surface area contributed by atoms with Crippen LogP contribution in [0, 0.1) is 0 Å². The lowest BCUT2D eigenvalue weighted by Gasteiger charge is -2.13. The largest absolute Gasteiger partial charge is 0.417 e. The highest BCUT2D eigenvalue weighted by Crippen LogP contribution is 2.32. The minimum atomic E-state index is -4.48. The molecule has 0 amide bonds. The van der Waals surface area contributed by atoms with Gasteiger partial charge in [-0.2, -0.15) is 13.2 Å². The van der Waals surface area contributed by atoms with Gasteiger partial charge in [0.15, 0.2) is 0 Å². The lowest BCUT2D eigenvalue weighted by atomic mass is 10.2. The van der Waals surface area contributed by atoms with E-state index in [0.29, 0.717) is 19.2 Å². The lowest BCUT2D eigenvalue weighted by Crippen LogP contribution is -2.23. The van der Waals surface area contributed by atoms with Crippen molar-refractivity contribution in [1.82, 2.24) is 4.98 Å². The third-order valence-electron chi connectivity index (χ3n) is 2.17. The van der Waals surface area contributed by atoms with Gasteiger partial charge in [0.25, 0.3) is 0 Å². The molecular formula is C10H13ClF3N3O. The van der Waals surface area contributed by atoms with Crippen LogP contribution in [0.25, 0.3) is 0 Å². The SMILES string of the molecule is NCCC(O)CNc1ncc(C(F)(F)F)cc1Cl. The Kier molecular flexibility index (Phi) is 5.18. The average molecular weight is 284 g/mol. The van der Waals surface area contributed by atoms with E-state index >= 15 is 0 Å². The highest BCUT2D eigenvalue weighted by molar-refractivity contribution is 6.32. The molecule has 0 saturated carbocycles. The first-order valence-electron chi connectivity index (χ1n) is 5.19. The van der Waals surface area contributed by atoms with Gasteiger partial charge < -0.3 is 16.2 Å². The standard InChI is InChI=1S/C10H13ClF3N3O/c11-8-3-6(10(12,13)14)4-16-9(8)17-5-7(18)1-2-15/h3-4,7,18H,1-2,5,15H2,(H,16,17). The number of aliphatic hydroxyl groups is 1. The summed E-state index contributed by atoms with van der Waals surface area (Å²) in [6.45, 7) is 0.437. The van der Waals surface area contributed by atoms with Gasteiger partial charge in [-0.05, 0) is 19.0 Å². The molecule has 102 valence electrons. The predicted molar refractivity (Wildman–Crippen MR) is 62.4 cm³/mol. The van der Waals surface area contributed by atoms with E-state index in [1.165, 1.54) is 0 Å². The number of nitrogens with two attached hydrogens (primary N) is 1. The molecule has 0 aliphatic carbocycles. The summed E-state index contributed by atoms with van der Waals surface area (Å²) in [4.78, 5) is 3.57. The molecule has 0 aliphatic heterocycles. The van der Waals surface area contributed by atoms with E-state index in [4.69, 9.17) is 17.3 Å². The number of alkyl halides is 3. The molecule has 8 heteroatoms. The van der Waals surface area contributed by atoms with Crippen molar-refractivity contribution < 1.29 is 18.3 Å². The van der Waals surface area contributed by atoms with Crippen LogP contribution in [-0.2, 0) is 6.18 Å². The minimum absolute atomic E-state index is 0.0979. The van der Waals surface area contributed by atoms with E-state index < -0.39 is 17.8 Å². The zero-order chi connectivity index (χ0) is 13.8. The van der Waals surface area contributed by atoms with Gasteiger partial charge in [0.05, 0.1) is 16.7 Å². The number of hydrogen-bond donors (Lipinski definition) is 3. The van der Waals surface area contributed by atoms with E-state index in [9.17, 15) is 18.3 Å². The molecular weight excluding hydrogens is 271 g/mol. The smallest absolute Gasteiger partial charge is 0.391 e. The lowest BCUT2D eigenvalue weighted by molar-refractivity contribution is -0.137. The molecule has 0 radical (unpaired) electrons. The van der Waals surface area contributed by atoms with Crippen LogP contribution in [0.15, 0.2) is 12.3 Å². The Morgan fingerprint density at radius 1 is 1.50 bits per heavy atom. The first-order valence-corrected chi connectivity index (χ1v) is 5.57. The van der Waals surface area contributed by atoms with Crippen molar-refractivity contribution >= 4 is 17.4 Å². The third-order valence-corrected chi connectivity index (χ3v) is 2.46. The number of rotatable bonds is 5. The Balaban J connectivity index is 2.69. The van der Waals surface area contributed by atoms with Crippen molar-refractivity contribution in [3.05, 3.63) is 22.8 Å². The zero-order valence-electron chi connectivity index (χ0n) is 9.34. The molecule has 0 aliphatic rings. The van der Waals surface area contributed by atoms with Gasteiger partial charge >= 0.3 is 6.18 Å². The monoisotopic (exact) mass is 283 g/mol. The molecule has 1 aromatic rings. The summed E-state index contributed by atoms with van der Waals surface area (Å²) >= 11 is 5.66. The summed E-state index contributed by atoms with van der Waals surface area (Å²) in [6, 6.07) is 0.784. The van der Waals surface area contributed by atoms with Crippen LogP contribution >= 0.6 is 11.6 Å². The molecule has 0 bridgehead atoms. The van der Waals surface area contributed by atoms with E-state index in [0.717, 1.165) is 6.07 Å². The van der Waals surface area contributed by atoms with Gasteiger partial charge in [0.1, 0.15) is 5.82 Å². The number of aliphatic hydroxyl groups excluding tert-OH is 1. The van der Waals surface area contributed by atoms with Crippen molar-refractivity contribution in [2.24, 2.45) is 5.73 Å². The van der Waals surface area contributed by atoms with E-state index in [1.54, 1.807) is 0 Å². The molecule has 1 heterocycles. The maximum absolute atomic E-state index is 12.3. The van der Waals surface area contributed by atoms with Crippen LogP contribution in [0.2, 0.25) is 5.02 Å². The second-order valence-corrected chi connectivity index (χ2v) is 4.07. The van der Waals surface area contributed by atoms with Crippen molar-refractivity contribution in [2.45, 2.75) is 18.7 Å². The van der Waals surface area contributed by atoms with E-state index in [2.05, 4.69) is 10.3 Å². The Morgan fingerprint density at radius 3 is 2.67 bits per heavy atom. The molecule has 1 rings (SSSR count). The number of pyridine rings is 1. The number of hydrogen-bond acceptors (Lipinski definition) is 4. The molecule has 0 saturated heterocycles. The molecule has 1 unspecified atom stereocenters. The Bertz CT molecular complexity index is 400. The summed E-state index contributed by atoms with van der Waals surface area (Å²) in [5.74, 6) is 0.0979. The van der Waals surface area contributed by atoms with Crippen LogP contribution in [0.5, 0.6) is 0 Å². The summed E-state index contributed by atoms with van der Waals surface area (Å²) in [7, 11) is 0. The van der Waals surface area contributed by atoms with Crippen LogP contribution in [-0.4, -0.2) is 29.3 Å². The second-order valence-electron chi connectivity index (χ2n) is 3.66. The van der Waals surface area contributed by atoms with Crippen LogP contribution in [0.4, 0.5) is 19.0 Å². The van der Waals surface area contributed by atoms with Gasteiger partial charge in [-0.25, -0.2) is 4.98 Å². The predicted octanol–water partition coefficient (Wildman–Crippen LogP) is 1.88. The highest BCUT2D eigenvalue weighted by Gasteiger charge is 2.31. The van der Waals surface area contributed by atoms with Gasteiger partial charge in [-0.3, -0.25) is 0 Å². The Hall–Kier alpha value is -1.05. The Labute approximate surface area is 107 Å². The Morgan fingerprint density at radius 2 is 2.17 bits per heavy atom. The fourth-order valence-electron chi connectivity index (χ4n) is 1.23. The molecule has 4 N–H and O–H groups in total. The number of anilines is 1. The van der Waals surface area contributed by atoms with Crippen molar-refractivity contribution in [2.75, 3.05) is 18.4 Å². The highest BCUT2D eigenvalue weighted by atomic mass is 35.5. The first-order chi connectivity index (χ1) is 8.34. The molecule has 1 aromatic heterocycles. The fraction of sp³-hybridized carbons (Fsp3) is 0.500. The zero-order valence-corrected chi connectivity index (χ0v) is 10.1. The molecule has 0 fully saturated rings. The maximum Gasteiger partial charge on any atom is 0.417 e. The van der Waals surface area contributed by atoms with Crippen molar-refractivity contribution in [3.63, 3.8) is 0 Å². The normalized spacial score (nSPS) is 13.4. The maximum atomic E-state index is 12.3. The summed E-state index contributed by atoms with van der Waals surface area (Å²) in [6.07, 6.45) is -4.11. The molecule has 0 aromatic carbocycles. The summed E-state index contributed by atoms with van der Waals surface area (Å²) in [5.41, 5.74) is 4.33. The second kappa shape index (κ2) is 6.21. The number of nitrogens with one attached hydrogen (secondary N) is 1. The molecule has 0 spiro atoms.